The van der Waals surface area contributed by atoms with Crippen LogP contribution in [0, 0.1) is 11.3 Å². The number of hydrogen-bond donors (Lipinski definition) is 2. The monoisotopic (exact) mass is 490 g/mol. The van der Waals surface area contributed by atoms with Crippen molar-refractivity contribution in [3.05, 3.63) is 58.7 Å². The molecule has 0 bridgehead atoms. The van der Waals surface area contributed by atoms with Crippen molar-refractivity contribution < 1.29 is 33.8 Å². The zero-order valence-corrected chi connectivity index (χ0v) is 21.6. The Balaban J connectivity index is 2.77. The molecule has 186 valence electrons. The van der Waals surface area contributed by atoms with Crippen LogP contribution in [0.5, 0.6) is 11.5 Å². The summed E-state index contributed by atoms with van der Waals surface area (Å²) in [6.07, 6.45) is 0.475. The van der Waals surface area contributed by atoms with Crippen molar-refractivity contribution in [3.63, 3.8) is 0 Å². The van der Waals surface area contributed by atoms with E-state index in [-0.39, 0.29) is 51.2 Å². The summed E-state index contributed by atoms with van der Waals surface area (Å²) in [5, 5.41) is 19.7. The van der Waals surface area contributed by atoms with Crippen LogP contribution in [0.25, 0.3) is 0 Å². The van der Waals surface area contributed by atoms with Gasteiger partial charge in [-0.25, -0.2) is 0 Å². The Kier molecular flexibility index (Phi) is 9.23. The highest BCUT2D eigenvalue weighted by Crippen LogP contribution is 2.57. The molecule has 0 aliphatic carbocycles. The number of aliphatic hydroxyl groups excluding tert-OH is 2. The molecule has 8 heteroatoms. The van der Waals surface area contributed by atoms with Crippen molar-refractivity contribution in [2.45, 2.75) is 47.3 Å². The second kappa shape index (κ2) is 11.3. The molecule has 0 spiro atoms. The molecule has 1 unspecified atom stereocenters. The molecule has 0 radical (unpaired) electrons. The Morgan fingerprint density at radius 1 is 0.882 bits per heavy atom. The van der Waals surface area contributed by atoms with E-state index in [1.165, 1.54) is 38.5 Å². The first-order chi connectivity index (χ1) is 15.9. The standard InChI is InChI=1S/C26H35O7P/c1-17(13-26(2,3)4)16-34(31,24(29)22-18(14-27)9-7-11-20(22)32-5)25(30)23-19(15-28)10-8-12-21(23)33-6/h7-12,17,27-28H,13-16H2,1-6H3. The minimum Gasteiger partial charge on any atom is -0.496 e. The number of carbonyl (C=O) groups excluding carboxylic acids is 2. The number of benzene rings is 2. The van der Waals surface area contributed by atoms with E-state index in [4.69, 9.17) is 9.47 Å². The molecule has 7 nitrogen and oxygen atoms in total. The van der Waals surface area contributed by atoms with Crippen molar-refractivity contribution in [2.75, 3.05) is 20.4 Å². The average Bonchev–Trinajstić information content (AvgIpc) is 2.80. The first kappa shape index (κ1) is 27.8. The minimum absolute atomic E-state index is 0.0624. The fourth-order valence-corrected chi connectivity index (χ4v) is 7.16. The van der Waals surface area contributed by atoms with E-state index >= 15 is 0 Å². The van der Waals surface area contributed by atoms with Crippen molar-refractivity contribution in [1.29, 1.82) is 0 Å². The fourth-order valence-electron chi connectivity index (χ4n) is 4.41. The molecule has 0 saturated heterocycles. The third-order valence-corrected chi connectivity index (χ3v) is 8.52. The molecule has 0 aromatic heterocycles. The predicted molar refractivity (Wildman–Crippen MR) is 132 cm³/mol. The minimum atomic E-state index is -4.31. The van der Waals surface area contributed by atoms with Crippen LogP contribution in [0.1, 0.15) is 66.0 Å². The van der Waals surface area contributed by atoms with Gasteiger partial charge in [0.05, 0.1) is 38.6 Å². The second-order valence-corrected chi connectivity index (χ2v) is 12.4. The number of rotatable bonds is 11. The van der Waals surface area contributed by atoms with Gasteiger partial charge in [0.2, 0.25) is 18.2 Å². The molecule has 2 aromatic carbocycles. The Morgan fingerprint density at radius 2 is 1.29 bits per heavy atom. The zero-order chi connectivity index (χ0) is 25.7. The summed E-state index contributed by atoms with van der Waals surface area (Å²) in [7, 11) is -1.57. The molecule has 0 amide bonds. The molecule has 1 atom stereocenters. The van der Waals surface area contributed by atoms with Crippen molar-refractivity contribution >= 4 is 18.2 Å². The summed E-state index contributed by atoms with van der Waals surface area (Å²) in [6, 6.07) is 9.35. The van der Waals surface area contributed by atoms with Gasteiger partial charge >= 0.3 is 0 Å². The van der Waals surface area contributed by atoms with Gasteiger partial charge in [-0.15, -0.1) is 0 Å². The highest BCUT2D eigenvalue weighted by molar-refractivity contribution is 7.95. The van der Waals surface area contributed by atoms with Gasteiger partial charge in [-0.1, -0.05) is 52.0 Å². The molecule has 2 rings (SSSR count). The molecule has 0 aliphatic rings. The van der Waals surface area contributed by atoms with E-state index in [9.17, 15) is 24.4 Å². The molecular formula is C26H35O7P. The van der Waals surface area contributed by atoms with Gasteiger partial charge in [-0.2, -0.15) is 0 Å². The normalized spacial score (nSPS) is 12.8. The Morgan fingerprint density at radius 3 is 1.62 bits per heavy atom. The van der Waals surface area contributed by atoms with E-state index < -0.39 is 31.4 Å². The maximum absolute atomic E-state index is 14.6. The summed E-state index contributed by atoms with van der Waals surface area (Å²) in [4.78, 5) is 27.9. The highest BCUT2D eigenvalue weighted by Gasteiger charge is 2.45. The molecule has 2 aromatic rings. The zero-order valence-electron chi connectivity index (χ0n) is 20.8. The third kappa shape index (κ3) is 5.96. The molecular weight excluding hydrogens is 455 g/mol. The topological polar surface area (TPSA) is 110 Å². The Hall–Kier alpha value is -2.47. The maximum atomic E-state index is 14.6. The summed E-state index contributed by atoms with van der Waals surface area (Å²) in [5.41, 5.74) is -1.52. The van der Waals surface area contributed by atoms with Gasteiger partial charge < -0.3 is 24.3 Å². The smallest absolute Gasteiger partial charge is 0.233 e. The summed E-state index contributed by atoms with van der Waals surface area (Å²) >= 11 is 0. The van der Waals surface area contributed by atoms with E-state index in [2.05, 4.69) is 0 Å². The van der Waals surface area contributed by atoms with Crippen LogP contribution < -0.4 is 9.47 Å². The molecule has 34 heavy (non-hydrogen) atoms. The van der Waals surface area contributed by atoms with Crippen LogP contribution in [-0.2, 0) is 17.8 Å². The fraction of sp³-hybridized carbons (Fsp3) is 0.462. The van der Waals surface area contributed by atoms with Crippen LogP contribution in [-0.4, -0.2) is 41.6 Å². The van der Waals surface area contributed by atoms with Crippen molar-refractivity contribution in [3.8, 4) is 11.5 Å². The van der Waals surface area contributed by atoms with Crippen LogP contribution >= 0.6 is 7.14 Å². The van der Waals surface area contributed by atoms with Crippen LogP contribution in [0.4, 0.5) is 0 Å². The lowest BCUT2D eigenvalue weighted by Crippen LogP contribution is -2.22. The third-order valence-electron chi connectivity index (χ3n) is 5.62. The van der Waals surface area contributed by atoms with Gasteiger partial charge in [0.1, 0.15) is 11.5 Å². The van der Waals surface area contributed by atoms with Crippen LogP contribution in [0.3, 0.4) is 0 Å². The van der Waals surface area contributed by atoms with E-state index in [1.807, 2.05) is 27.7 Å². The highest BCUT2D eigenvalue weighted by atomic mass is 31.2. The molecule has 0 fully saturated rings. The summed E-state index contributed by atoms with van der Waals surface area (Å²) in [5.74, 6) is 0.0456. The number of ether oxygens (including phenoxy) is 2. The lowest BCUT2D eigenvalue weighted by molar-refractivity contribution is 0.103. The second-order valence-electron chi connectivity index (χ2n) is 9.71. The van der Waals surface area contributed by atoms with Crippen molar-refractivity contribution in [1.82, 2.24) is 0 Å². The number of aliphatic hydroxyl groups is 2. The number of carbonyl (C=O) groups is 2. The van der Waals surface area contributed by atoms with Crippen LogP contribution in [0.15, 0.2) is 36.4 Å². The molecule has 2 N–H and O–H groups in total. The average molecular weight is 491 g/mol. The van der Waals surface area contributed by atoms with Gasteiger partial charge in [-0.3, -0.25) is 9.59 Å². The first-order valence-corrected chi connectivity index (χ1v) is 13.0. The van der Waals surface area contributed by atoms with Crippen LogP contribution in [0.2, 0.25) is 0 Å². The Bertz CT molecular complexity index is 969. The van der Waals surface area contributed by atoms with E-state index in [0.29, 0.717) is 6.42 Å². The largest absolute Gasteiger partial charge is 0.496 e. The first-order valence-electron chi connectivity index (χ1n) is 11.2. The van der Waals surface area contributed by atoms with Gasteiger partial charge in [-0.05, 0) is 41.0 Å². The lowest BCUT2D eigenvalue weighted by Gasteiger charge is -2.27. The quantitative estimate of drug-likeness (QED) is 0.422. The SMILES string of the molecule is COc1cccc(CO)c1C(=O)P(=O)(CC(C)CC(C)(C)C)C(=O)c1c(CO)cccc1OC. The van der Waals surface area contributed by atoms with E-state index in [0.717, 1.165) is 0 Å². The van der Waals surface area contributed by atoms with Gasteiger partial charge in [0.15, 0.2) is 0 Å². The number of methoxy groups -OCH3 is 2. The van der Waals surface area contributed by atoms with Gasteiger partial charge in [0, 0.05) is 6.16 Å². The van der Waals surface area contributed by atoms with E-state index in [1.54, 1.807) is 12.1 Å². The predicted octanol–water partition coefficient (Wildman–Crippen LogP) is 5.10. The molecule has 0 heterocycles. The summed E-state index contributed by atoms with van der Waals surface area (Å²) < 4.78 is 25.3. The Labute approximate surface area is 201 Å². The maximum Gasteiger partial charge on any atom is 0.233 e. The molecule has 0 saturated carbocycles. The lowest BCUT2D eigenvalue weighted by atomic mass is 9.86. The summed E-state index contributed by atoms with van der Waals surface area (Å²) in [6.45, 7) is 6.99. The number of hydrogen-bond acceptors (Lipinski definition) is 7. The molecule has 0 aliphatic heterocycles. The van der Waals surface area contributed by atoms with Crippen molar-refractivity contribution in [2.24, 2.45) is 11.3 Å². The van der Waals surface area contributed by atoms with Gasteiger partial charge in [0.25, 0.3) is 0 Å².